The molecule has 1 aromatic heterocycles. The van der Waals surface area contributed by atoms with Crippen molar-refractivity contribution in [2.24, 2.45) is 0 Å². The van der Waals surface area contributed by atoms with Crippen LogP contribution >= 0.6 is 0 Å². The van der Waals surface area contributed by atoms with Crippen LogP contribution in [0.4, 0.5) is 5.95 Å². The summed E-state index contributed by atoms with van der Waals surface area (Å²) in [5.41, 5.74) is 0. The molecule has 3 aromatic rings. The van der Waals surface area contributed by atoms with Gasteiger partial charge in [-0.3, -0.25) is 4.79 Å². The first-order chi connectivity index (χ1) is 16.8. The third kappa shape index (κ3) is 5.98. The average Bonchev–Trinajstić information content (AvgIpc) is 3.38. The number of fused-ring (bicyclic) bond motifs is 1. The molecule has 10 nitrogen and oxygen atoms in total. The Morgan fingerprint density at radius 1 is 1.17 bits per heavy atom. The van der Waals surface area contributed by atoms with Crippen LogP contribution in [0.5, 0.6) is 0 Å². The summed E-state index contributed by atoms with van der Waals surface area (Å²) in [7, 11) is -4.04. The second-order valence-corrected chi connectivity index (χ2v) is 10.3. The minimum atomic E-state index is -4.04. The van der Waals surface area contributed by atoms with E-state index in [1.54, 1.807) is 24.5 Å². The first-order valence-electron chi connectivity index (χ1n) is 11.6. The van der Waals surface area contributed by atoms with Gasteiger partial charge in [-0.05, 0) is 55.0 Å². The number of anilines is 1. The number of aliphatic carboxylic acids is 1. The molecule has 1 amide bonds. The lowest BCUT2D eigenvalue weighted by atomic mass is 10.00. The number of carbonyl (C=O) groups excluding carboxylic acids is 1. The maximum absolute atomic E-state index is 13.5. The van der Waals surface area contributed by atoms with Crippen molar-refractivity contribution in [2.45, 2.75) is 49.1 Å². The number of carboxylic acid groups (broad SMARTS) is 1. The molecule has 4 rings (SSSR count). The van der Waals surface area contributed by atoms with Crippen molar-refractivity contribution in [3.63, 3.8) is 0 Å². The van der Waals surface area contributed by atoms with Crippen molar-refractivity contribution in [3.8, 4) is 0 Å². The van der Waals surface area contributed by atoms with Crippen molar-refractivity contribution >= 4 is 38.6 Å². The number of nitrogens with one attached hydrogen (secondary N) is 3. The number of piperidine rings is 1. The van der Waals surface area contributed by atoms with Gasteiger partial charge in [0.25, 0.3) is 0 Å². The van der Waals surface area contributed by atoms with Crippen LogP contribution in [0.25, 0.3) is 10.8 Å². The van der Waals surface area contributed by atoms with E-state index in [4.69, 9.17) is 0 Å². The van der Waals surface area contributed by atoms with Crippen LogP contribution in [0.2, 0.25) is 0 Å². The Kier molecular flexibility index (Phi) is 7.67. The average molecular weight is 500 g/mol. The van der Waals surface area contributed by atoms with Crippen LogP contribution in [0.3, 0.4) is 0 Å². The highest BCUT2D eigenvalue weighted by Gasteiger charge is 2.37. The van der Waals surface area contributed by atoms with E-state index in [1.807, 2.05) is 24.3 Å². The number of aromatic amines is 1. The van der Waals surface area contributed by atoms with E-state index >= 15 is 0 Å². The molecule has 4 N–H and O–H groups in total. The summed E-state index contributed by atoms with van der Waals surface area (Å²) in [5.74, 6) is -1.01. The molecular formula is C24H29N5O5S. The molecule has 2 heterocycles. The van der Waals surface area contributed by atoms with Crippen LogP contribution in [-0.4, -0.2) is 65.4 Å². The number of H-pyrrole nitrogens is 1. The molecule has 1 saturated heterocycles. The maximum Gasteiger partial charge on any atom is 0.326 e. The Labute approximate surface area is 203 Å². The zero-order valence-corrected chi connectivity index (χ0v) is 20.0. The number of imidazole rings is 1. The van der Waals surface area contributed by atoms with Crippen molar-refractivity contribution < 1.29 is 23.1 Å². The fourth-order valence-corrected chi connectivity index (χ4v) is 5.61. The van der Waals surface area contributed by atoms with E-state index < -0.39 is 34.0 Å². The number of hydrogen-bond acceptors (Lipinski definition) is 6. The summed E-state index contributed by atoms with van der Waals surface area (Å²) in [6, 6.07) is 10.2. The lowest BCUT2D eigenvalue weighted by Gasteiger charge is -2.35. The Hall–Kier alpha value is -3.44. The monoisotopic (exact) mass is 499 g/mol. The number of amides is 1. The van der Waals surface area contributed by atoms with Gasteiger partial charge in [0.15, 0.2) is 5.95 Å². The largest absolute Gasteiger partial charge is 0.480 e. The Morgan fingerprint density at radius 3 is 2.71 bits per heavy atom. The molecule has 1 unspecified atom stereocenters. The van der Waals surface area contributed by atoms with E-state index in [9.17, 15) is 23.1 Å². The number of carbonyl (C=O) groups is 2. The van der Waals surface area contributed by atoms with Gasteiger partial charge in [0.05, 0.1) is 4.90 Å². The molecule has 0 radical (unpaired) electrons. The van der Waals surface area contributed by atoms with Crippen LogP contribution in [0.15, 0.2) is 59.8 Å². The molecular weight excluding hydrogens is 470 g/mol. The SMILES string of the molecule is O=C(O)C1CCCCN1C(=O)[C@H](CCCNc1ncc[nH]1)NS(=O)(=O)c1ccc2ccccc2c1. The van der Waals surface area contributed by atoms with E-state index in [1.165, 1.54) is 11.0 Å². The van der Waals surface area contributed by atoms with Gasteiger partial charge >= 0.3 is 5.97 Å². The van der Waals surface area contributed by atoms with Crippen molar-refractivity contribution in [1.82, 2.24) is 19.6 Å². The Bertz CT molecular complexity index is 1280. The fourth-order valence-electron chi connectivity index (χ4n) is 4.35. The number of benzene rings is 2. The molecule has 0 aliphatic carbocycles. The molecule has 2 atom stereocenters. The van der Waals surface area contributed by atoms with Crippen LogP contribution in [-0.2, 0) is 19.6 Å². The normalized spacial score (nSPS) is 17.3. The van der Waals surface area contributed by atoms with Gasteiger partial charge in [0, 0.05) is 25.5 Å². The van der Waals surface area contributed by atoms with Gasteiger partial charge in [0.1, 0.15) is 12.1 Å². The zero-order valence-electron chi connectivity index (χ0n) is 19.2. The predicted octanol–water partition coefficient (Wildman–Crippen LogP) is 2.57. The van der Waals surface area contributed by atoms with Crippen LogP contribution in [0, 0.1) is 0 Å². The van der Waals surface area contributed by atoms with Crippen LogP contribution in [0.1, 0.15) is 32.1 Å². The predicted molar refractivity (Wildman–Crippen MR) is 131 cm³/mol. The first kappa shape index (κ1) is 24.7. The number of aromatic nitrogens is 2. The molecule has 1 fully saturated rings. The smallest absolute Gasteiger partial charge is 0.326 e. The highest BCUT2D eigenvalue weighted by atomic mass is 32.2. The number of hydrogen-bond donors (Lipinski definition) is 4. The minimum absolute atomic E-state index is 0.0520. The van der Waals surface area contributed by atoms with Gasteiger partial charge < -0.3 is 20.3 Å². The van der Waals surface area contributed by atoms with Gasteiger partial charge in [-0.2, -0.15) is 4.72 Å². The molecule has 35 heavy (non-hydrogen) atoms. The topological polar surface area (TPSA) is 144 Å². The standard InChI is InChI=1S/C24H29N5O5S/c30-22(29-15-4-3-9-21(29)23(31)32)20(8-5-12-25-24-26-13-14-27-24)28-35(33,34)19-11-10-17-6-1-2-7-18(17)16-19/h1-2,6-7,10-11,13-14,16,20-21,28H,3-5,8-9,12,15H2,(H,31,32)(H2,25,26,27)/t20-,21?/m0/s1. The van der Waals surface area contributed by atoms with Gasteiger partial charge in [-0.25, -0.2) is 18.2 Å². The quantitative estimate of drug-likeness (QED) is 0.314. The molecule has 2 aromatic carbocycles. The number of sulfonamides is 1. The lowest BCUT2D eigenvalue weighted by molar-refractivity contribution is -0.152. The number of likely N-dealkylation sites (tertiary alicyclic amines) is 1. The zero-order chi connectivity index (χ0) is 24.8. The Morgan fingerprint density at radius 2 is 1.97 bits per heavy atom. The lowest BCUT2D eigenvalue weighted by Crippen LogP contribution is -2.55. The summed E-state index contributed by atoms with van der Waals surface area (Å²) in [5, 5.41) is 14.4. The van der Waals surface area contributed by atoms with Gasteiger partial charge in [0.2, 0.25) is 15.9 Å². The molecule has 0 bridgehead atoms. The summed E-state index contributed by atoms with van der Waals surface area (Å²) >= 11 is 0. The Balaban J connectivity index is 1.54. The van der Waals surface area contributed by atoms with Crippen LogP contribution < -0.4 is 10.0 Å². The van der Waals surface area contributed by atoms with Crippen molar-refractivity contribution in [2.75, 3.05) is 18.4 Å². The highest BCUT2D eigenvalue weighted by molar-refractivity contribution is 7.89. The third-order valence-corrected chi connectivity index (χ3v) is 7.63. The highest BCUT2D eigenvalue weighted by Crippen LogP contribution is 2.22. The molecule has 1 aliphatic rings. The fraction of sp³-hybridized carbons (Fsp3) is 0.375. The number of carboxylic acids is 1. The van der Waals surface area contributed by atoms with Gasteiger partial charge in [-0.1, -0.05) is 30.3 Å². The second kappa shape index (κ2) is 10.9. The summed E-state index contributed by atoms with van der Waals surface area (Å²) in [6.45, 7) is 0.742. The minimum Gasteiger partial charge on any atom is -0.480 e. The van der Waals surface area contributed by atoms with E-state index in [2.05, 4.69) is 20.0 Å². The molecule has 0 saturated carbocycles. The summed E-state index contributed by atoms with van der Waals surface area (Å²) in [6.07, 6.45) is 5.68. The maximum atomic E-state index is 13.5. The molecule has 0 spiro atoms. The van der Waals surface area contributed by atoms with Gasteiger partial charge in [-0.15, -0.1) is 0 Å². The number of nitrogens with zero attached hydrogens (tertiary/aromatic N) is 2. The molecule has 186 valence electrons. The molecule has 1 aliphatic heterocycles. The second-order valence-electron chi connectivity index (χ2n) is 8.57. The first-order valence-corrected chi connectivity index (χ1v) is 13.1. The third-order valence-electron chi connectivity index (χ3n) is 6.16. The van der Waals surface area contributed by atoms with E-state index in [0.717, 1.165) is 10.8 Å². The van der Waals surface area contributed by atoms with Crippen molar-refractivity contribution in [1.29, 1.82) is 0 Å². The summed E-state index contributed by atoms with van der Waals surface area (Å²) < 4.78 is 29.1. The van der Waals surface area contributed by atoms with Crippen molar-refractivity contribution in [3.05, 3.63) is 54.9 Å². The summed E-state index contributed by atoms with van der Waals surface area (Å²) in [4.78, 5) is 33.6. The molecule has 11 heteroatoms. The number of rotatable bonds is 10. The van der Waals surface area contributed by atoms with E-state index in [0.29, 0.717) is 38.2 Å². The van der Waals surface area contributed by atoms with E-state index in [-0.39, 0.29) is 17.9 Å².